The number of halogens is 4. The Balaban J connectivity index is 1.67. The summed E-state index contributed by atoms with van der Waals surface area (Å²) in [5.41, 5.74) is 0.199. The molecule has 27 heavy (non-hydrogen) atoms. The maximum atomic E-state index is 12.7. The number of ether oxygens (including phenoxy) is 2. The SMILES string of the molecule is O=C(NCCCOc1ccc(F)cc1)NCc1ccccc1OC(F)(F)F. The summed E-state index contributed by atoms with van der Waals surface area (Å²) in [5.74, 6) is -0.206. The number of benzene rings is 2. The summed E-state index contributed by atoms with van der Waals surface area (Å²) in [4.78, 5) is 11.7. The average molecular weight is 386 g/mol. The largest absolute Gasteiger partial charge is 0.573 e. The molecule has 9 heteroatoms. The van der Waals surface area contributed by atoms with Gasteiger partial charge in [0.25, 0.3) is 0 Å². The van der Waals surface area contributed by atoms with Gasteiger partial charge in [0.15, 0.2) is 0 Å². The van der Waals surface area contributed by atoms with Crippen molar-refractivity contribution in [2.24, 2.45) is 0 Å². The van der Waals surface area contributed by atoms with E-state index < -0.39 is 12.4 Å². The lowest BCUT2D eigenvalue weighted by atomic mass is 10.2. The molecule has 0 saturated carbocycles. The van der Waals surface area contributed by atoms with Gasteiger partial charge < -0.3 is 20.1 Å². The molecule has 2 amide bonds. The third kappa shape index (κ3) is 7.85. The van der Waals surface area contributed by atoms with Crippen LogP contribution in [-0.2, 0) is 6.54 Å². The van der Waals surface area contributed by atoms with Gasteiger partial charge in [-0.3, -0.25) is 0 Å². The van der Waals surface area contributed by atoms with Crippen LogP contribution in [-0.4, -0.2) is 25.5 Å². The fourth-order valence-electron chi connectivity index (χ4n) is 2.11. The highest BCUT2D eigenvalue weighted by Gasteiger charge is 2.31. The van der Waals surface area contributed by atoms with Crippen molar-refractivity contribution < 1.29 is 31.8 Å². The Hall–Kier alpha value is -2.97. The van der Waals surface area contributed by atoms with Crippen LogP contribution in [0.15, 0.2) is 48.5 Å². The van der Waals surface area contributed by atoms with Gasteiger partial charge in [0.05, 0.1) is 6.61 Å². The molecule has 0 atom stereocenters. The minimum absolute atomic E-state index is 0.121. The topological polar surface area (TPSA) is 59.6 Å². The van der Waals surface area contributed by atoms with Crippen LogP contribution >= 0.6 is 0 Å². The Kier molecular flexibility index (Phi) is 7.27. The van der Waals surface area contributed by atoms with E-state index in [0.29, 0.717) is 25.3 Å². The maximum absolute atomic E-state index is 12.7. The summed E-state index contributed by atoms with van der Waals surface area (Å²) >= 11 is 0. The van der Waals surface area contributed by atoms with Crippen LogP contribution in [0.2, 0.25) is 0 Å². The molecular formula is C18H18F4N2O3. The summed E-state index contributed by atoms with van der Waals surface area (Å²) in [6.07, 6.45) is -4.30. The molecule has 0 spiro atoms. The fraction of sp³-hybridized carbons (Fsp3) is 0.278. The highest BCUT2D eigenvalue weighted by molar-refractivity contribution is 5.73. The van der Waals surface area contributed by atoms with Crippen molar-refractivity contribution >= 4 is 6.03 Å². The molecule has 2 aromatic carbocycles. The zero-order valence-electron chi connectivity index (χ0n) is 14.2. The molecule has 0 radical (unpaired) electrons. The monoisotopic (exact) mass is 386 g/mol. The first-order valence-electron chi connectivity index (χ1n) is 8.07. The number of alkyl halides is 3. The van der Waals surface area contributed by atoms with Gasteiger partial charge in [-0.1, -0.05) is 18.2 Å². The van der Waals surface area contributed by atoms with Crippen LogP contribution in [0.3, 0.4) is 0 Å². The molecule has 5 nitrogen and oxygen atoms in total. The number of carbonyl (C=O) groups is 1. The van der Waals surface area contributed by atoms with Crippen LogP contribution in [0.1, 0.15) is 12.0 Å². The van der Waals surface area contributed by atoms with E-state index in [2.05, 4.69) is 15.4 Å². The average Bonchev–Trinajstić information content (AvgIpc) is 2.61. The van der Waals surface area contributed by atoms with Gasteiger partial charge >= 0.3 is 12.4 Å². The minimum Gasteiger partial charge on any atom is -0.494 e. The number of urea groups is 1. The lowest BCUT2D eigenvalue weighted by Gasteiger charge is -2.14. The van der Waals surface area contributed by atoms with E-state index in [4.69, 9.17) is 4.74 Å². The number of rotatable bonds is 8. The molecule has 0 saturated heterocycles. The standard InChI is InChI=1S/C18H18F4N2O3/c19-14-6-8-15(9-7-14)26-11-3-10-23-17(25)24-12-13-4-1-2-5-16(13)27-18(20,21)22/h1-2,4-9H,3,10-12H2,(H2,23,24,25). The zero-order chi connectivity index (χ0) is 19.7. The van der Waals surface area contributed by atoms with E-state index in [1.54, 1.807) is 6.07 Å². The van der Waals surface area contributed by atoms with Gasteiger partial charge in [-0.15, -0.1) is 13.2 Å². The van der Waals surface area contributed by atoms with Crippen LogP contribution in [0.5, 0.6) is 11.5 Å². The van der Waals surface area contributed by atoms with E-state index >= 15 is 0 Å². The molecule has 0 fully saturated rings. The summed E-state index contributed by atoms with van der Waals surface area (Å²) in [6, 6.07) is 10.6. The minimum atomic E-state index is -4.80. The summed E-state index contributed by atoms with van der Waals surface area (Å²) in [5, 5.41) is 5.02. The van der Waals surface area contributed by atoms with E-state index in [9.17, 15) is 22.4 Å². The highest BCUT2D eigenvalue weighted by Crippen LogP contribution is 2.26. The number of carbonyl (C=O) groups excluding carboxylic acids is 1. The second-order valence-corrected chi connectivity index (χ2v) is 5.42. The second-order valence-electron chi connectivity index (χ2n) is 5.42. The Labute approximate surface area is 153 Å². The summed E-state index contributed by atoms with van der Waals surface area (Å²) < 4.78 is 59.1. The smallest absolute Gasteiger partial charge is 0.494 e. The second kappa shape index (κ2) is 9.65. The molecule has 0 heterocycles. The lowest BCUT2D eigenvalue weighted by molar-refractivity contribution is -0.274. The Morgan fingerprint density at radius 3 is 2.41 bits per heavy atom. The molecule has 0 aliphatic heterocycles. The van der Waals surface area contributed by atoms with Crippen molar-refractivity contribution in [2.75, 3.05) is 13.2 Å². The van der Waals surface area contributed by atoms with Gasteiger partial charge in [-0.2, -0.15) is 0 Å². The van der Waals surface area contributed by atoms with Gasteiger partial charge in [-0.25, -0.2) is 9.18 Å². The molecule has 0 aliphatic carbocycles. The highest BCUT2D eigenvalue weighted by atomic mass is 19.4. The van der Waals surface area contributed by atoms with Crippen LogP contribution in [0, 0.1) is 5.82 Å². The first kappa shape index (κ1) is 20.3. The van der Waals surface area contributed by atoms with Crippen LogP contribution in [0.25, 0.3) is 0 Å². The maximum Gasteiger partial charge on any atom is 0.573 e. The quantitative estimate of drug-likeness (QED) is 0.533. The van der Waals surface area contributed by atoms with Gasteiger partial charge in [-0.05, 0) is 36.8 Å². The van der Waals surface area contributed by atoms with Crippen molar-refractivity contribution in [2.45, 2.75) is 19.3 Å². The molecular weight excluding hydrogens is 368 g/mol. The van der Waals surface area contributed by atoms with Crippen molar-refractivity contribution in [3.8, 4) is 11.5 Å². The fourth-order valence-corrected chi connectivity index (χ4v) is 2.11. The number of hydrogen-bond donors (Lipinski definition) is 2. The number of hydrogen-bond acceptors (Lipinski definition) is 3. The van der Waals surface area contributed by atoms with E-state index in [1.807, 2.05) is 0 Å². The molecule has 0 aliphatic rings. The Bertz CT molecular complexity index is 736. The first-order chi connectivity index (χ1) is 12.8. The van der Waals surface area contributed by atoms with Gasteiger partial charge in [0.1, 0.15) is 17.3 Å². The number of para-hydroxylation sites is 1. The summed E-state index contributed by atoms with van der Waals surface area (Å²) in [7, 11) is 0. The lowest BCUT2D eigenvalue weighted by Crippen LogP contribution is -2.36. The third-order valence-corrected chi connectivity index (χ3v) is 3.33. The Morgan fingerprint density at radius 1 is 1.00 bits per heavy atom. The van der Waals surface area contributed by atoms with E-state index in [-0.39, 0.29) is 23.7 Å². The van der Waals surface area contributed by atoms with Gasteiger partial charge in [0, 0.05) is 18.7 Å². The first-order valence-corrected chi connectivity index (χ1v) is 8.07. The van der Waals surface area contributed by atoms with Crippen LogP contribution < -0.4 is 20.1 Å². The number of nitrogens with one attached hydrogen (secondary N) is 2. The molecule has 0 aromatic heterocycles. The molecule has 0 bridgehead atoms. The van der Waals surface area contributed by atoms with E-state index in [1.165, 1.54) is 42.5 Å². The van der Waals surface area contributed by atoms with Crippen molar-refractivity contribution in [1.29, 1.82) is 0 Å². The van der Waals surface area contributed by atoms with Crippen LogP contribution in [0.4, 0.5) is 22.4 Å². The molecule has 2 aromatic rings. The van der Waals surface area contributed by atoms with Crippen molar-refractivity contribution in [3.05, 3.63) is 59.9 Å². The molecule has 0 unspecified atom stereocenters. The Morgan fingerprint density at radius 2 is 1.70 bits per heavy atom. The molecule has 2 N–H and O–H groups in total. The molecule has 2 rings (SSSR count). The van der Waals surface area contributed by atoms with Gasteiger partial charge in [0.2, 0.25) is 0 Å². The zero-order valence-corrected chi connectivity index (χ0v) is 14.2. The van der Waals surface area contributed by atoms with Crippen molar-refractivity contribution in [1.82, 2.24) is 10.6 Å². The third-order valence-electron chi connectivity index (χ3n) is 3.33. The summed E-state index contributed by atoms with van der Waals surface area (Å²) in [6.45, 7) is 0.492. The number of amides is 2. The normalized spacial score (nSPS) is 11.0. The molecule has 146 valence electrons. The van der Waals surface area contributed by atoms with E-state index in [0.717, 1.165) is 0 Å². The van der Waals surface area contributed by atoms with Crippen molar-refractivity contribution in [3.63, 3.8) is 0 Å². The predicted molar refractivity (Wildman–Crippen MR) is 89.9 cm³/mol. The predicted octanol–water partition coefficient (Wildman–Crippen LogP) is 3.99.